The second-order valence-electron chi connectivity index (χ2n) is 10.5. The number of nitrogens with zero attached hydrogens (tertiary/aromatic N) is 3. The third-order valence-corrected chi connectivity index (χ3v) is 8.33. The van der Waals surface area contributed by atoms with Gasteiger partial charge in [-0.2, -0.15) is 0 Å². The van der Waals surface area contributed by atoms with E-state index in [-0.39, 0.29) is 23.9 Å². The minimum Gasteiger partial charge on any atom is -0.350 e. The molecule has 0 aliphatic carbocycles. The molecule has 3 saturated heterocycles. The normalized spacial score (nSPS) is 24.2. The molecular weight excluding hydrogens is 457 g/mol. The zero-order chi connectivity index (χ0) is 24.6. The van der Waals surface area contributed by atoms with E-state index in [1.54, 1.807) is 12.1 Å². The van der Waals surface area contributed by atoms with Crippen molar-refractivity contribution in [2.24, 2.45) is 18.9 Å². The number of fused-ring (bicyclic) bond motifs is 1. The van der Waals surface area contributed by atoms with E-state index in [2.05, 4.69) is 17.0 Å². The lowest BCUT2D eigenvalue weighted by Crippen LogP contribution is -2.40. The monoisotopic (exact) mass is 491 g/mol. The first-order valence-electron chi connectivity index (χ1n) is 13.1. The molecule has 0 spiro atoms. The highest BCUT2D eigenvalue weighted by Crippen LogP contribution is 2.35. The molecule has 2 atom stereocenters. The van der Waals surface area contributed by atoms with Crippen LogP contribution in [-0.2, 0) is 16.5 Å². The lowest BCUT2D eigenvalue weighted by atomic mass is 9.88. The summed E-state index contributed by atoms with van der Waals surface area (Å²) >= 11 is 0. The average molecular weight is 492 g/mol. The molecule has 2 aromatic carbocycles. The van der Waals surface area contributed by atoms with E-state index in [0.717, 1.165) is 48.9 Å². The number of carbonyl (C=O) groups is 1. The van der Waals surface area contributed by atoms with Crippen LogP contribution >= 0.6 is 0 Å². The van der Waals surface area contributed by atoms with Crippen LogP contribution in [0.5, 0.6) is 0 Å². The van der Waals surface area contributed by atoms with Gasteiger partial charge < -0.3 is 23.8 Å². The number of piperidine rings is 1. The van der Waals surface area contributed by atoms with Gasteiger partial charge in [0.1, 0.15) is 5.82 Å². The molecule has 0 saturated carbocycles. The van der Waals surface area contributed by atoms with E-state index in [9.17, 15) is 9.18 Å². The number of hydrogen-bond acceptors (Lipinski definition) is 4. The molecule has 6 nitrogen and oxygen atoms in total. The van der Waals surface area contributed by atoms with E-state index in [1.165, 1.54) is 5.56 Å². The van der Waals surface area contributed by atoms with Crippen LogP contribution in [0.25, 0.3) is 10.9 Å². The molecule has 3 aromatic rings. The van der Waals surface area contributed by atoms with Gasteiger partial charge in [0.2, 0.25) is 0 Å². The number of para-hydroxylation sites is 1. The summed E-state index contributed by atoms with van der Waals surface area (Å²) in [4.78, 5) is 18.3. The third-order valence-electron chi connectivity index (χ3n) is 8.33. The van der Waals surface area contributed by atoms with Gasteiger partial charge in [0.15, 0.2) is 6.29 Å². The van der Waals surface area contributed by atoms with Crippen LogP contribution in [0, 0.1) is 17.7 Å². The van der Waals surface area contributed by atoms with Gasteiger partial charge in [-0.25, -0.2) is 4.39 Å². The number of ether oxygens (including phenoxy) is 2. The molecule has 3 aliphatic rings. The van der Waals surface area contributed by atoms with Crippen LogP contribution in [0.1, 0.15) is 34.7 Å². The lowest BCUT2D eigenvalue weighted by Gasteiger charge is -2.35. The first kappa shape index (κ1) is 23.6. The smallest absolute Gasteiger partial charge is 0.256 e. The second-order valence-corrected chi connectivity index (χ2v) is 10.5. The lowest BCUT2D eigenvalue weighted by molar-refractivity contribution is -0.0924. The predicted molar refractivity (Wildman–Crippen MR) is 136 cm³/mol. The maximum Gasteiger partial charge on any atom is 0.256 e. The van der Waals surface area contributed by atoms with Crippen LogP contribution in [0.4, 0.5) is 4.39 Å². The first-order chi connectivity index (χ1) is 17.6. The topological polar surface area (TPSA) is 46.9 Å². The molecule has 1 unspecified atom stereocenters. The third kappa shape index (κ3) is 4.56. The van der Waals surface area contributed by atoms with E-state index < -0.39 is 0 Å². The summed E-state index contributed by atoms with van der Waals surface area (Å²) < 4.78 is 27.2. The quantitative estimate of drug-likeness (QED) is 0.535. The highest BCUT2D eigenvalue weighted by molar-refractivity contribution is 6.06. The Morgan fingerprint density at radius 3 is 2.50 bits per heavy atom. The Morgan fingerprint density at radius 2 is 1.75 bits per heavy atom. The molecule has 36 heavy (non-hydrogen) atoms. The number of rotatable bonds is 5. The van der Waals surface area contributed by atoms with Crippen LogP contribution in [0.3, 0.4) is 0 Å². The number of halogens is 1. The van der Waals surface area contributed by atoms with Gasteiger partial charge in [-0.05, 0) is 67.6 Å². The van der Waals surface area contributed by atoms with Crippen molar-refractivity contribution < 1.29 is 18.7 Å². The maximum atomic E-state index is 13.7. The first-order valence-corrected chi connectivity index (χ1v) is 13.1. The van der Waals surface area contributed by atoms with Gasteiger partial charge >= 0.3 is 0 Å². The van der Waals surface area contributed by atoms with Gasteiger partial charge in [-0.1, -0.05) is 24.3 Å². The fraction of sp³-hybridized carbons (Fsp3) is 0.483. The zero-order valence-electron chi connectivity index (χ0n) is 20.8. The van der Waals surface area contributed by atoms with Gasteiger partial charge in [0.05, 0.1) is 24.3 Å². The Labute approximate surface area is 211 Å². The van der Waals surface area contributed by atoms with E-state index in [0.29, 0.717) is 38.1 Å². The summed E-state index contributed by atoms with van der Waals surface area (Å²) in [5.74, 6) is 0.850. The Morgan fingerprint density at radius 1 is 1.00 bits per heavy atom. The van der Waals surface area contributed by atoms with Crippen molar-refractivity contribution in [2.75, 3.05) is 45.9 Å². The molecule has 3 aliphatic heterocycles. The molecule has 4 heterocycles. The van der Waals surface area contributed by atoms with Gasteiger partial charge in [0.25, 0.3) is 5.91 Å². The number of likely N-dealkylation sites (tertiary alicyclic amines) is 2. The number of amides is 1. The summed E-state index contributed by atoms with van der Waals surface area (Å²) in [5.41, 5.74) is 2.97. The molecule has 6 rings (SSSR count). The molecular formula is C29H34FN3O3. The number of hydrogen-bond donors (Lipinski definition) is 0. The number of benzene rings is 2. The van der Waals surface area contributed by atoms with Crippen molar-refractivity contribution >= 4 is 16.8 Å². The summed E-state index contributed by atoms with van der Waals surface area (Å²) in [6, 6.07) is 15.0. The van der Waals surface area contributed by atoms with Crippen LogP contribution in [0.2, 0.25) is 0 Å². The van der Waals surface area contributed by atoms with Crippen LogP contribution in [-0.4, -0.2) is 72.5 Å². The maximum absolute atomic E-state index is 13.7. The van der Waals surface area contributed by atoms with Crippen molar-refractivity contribution in [2.45, 2.75) is 25.0 Å². The average Bonchev–Trinajstić information content (AvgIpc) is 3.65. The van der Waals surface area contributed by atoms with Crippen molar-refractivity contribution in [3.05, 3.63) is 71.7 Å². The van der Waals surface area contributed by atoms with Crippen molar-refractivity contribution in [3.8, 4) is 0 Å². The molecule has 1 aromatic heterocycles. The SMILES string of the molecule is Cn1ccc2cccc(C(=O)N3CC(CN4CCC(c5ccc(F)cc5)CC4)[C@H](C4OCCO4)C3)c21. The molecule has 0 radical (unpaired) electrons. The Balaban J connectivity index is 1.15. The van der Waals surface area contributed by atoms with E-state index >= 15 is 0 Å². The molecule has 0 N–H and O–H groups in total. The van der Waals surface area contributed by atoms with Crippen molar-refractivity contribution in [1.82, 2.24) is 14.4 Å². The van der Waals surface area contributed by atoms with Crippen molar-refractivity contribution in [1.29, 1.82) is 0 Å². The van der Waals surface area contributed by atoms with Gasteiger partial charge in [-0.15, -0.1) is 0 Å². The molecule has 190 valence electrons. The predicted octanol–water partition coefficient (Wildman–Crippen LogP) is 4.26. The minimum absolute atomic E-state index is 0.0860. The van der Waals surface area contributed by atoms with Gasteiger partial charge in [0, 0.05) is 44.2 Å². The highest BCUT2D eigenvalue weighted by Gasteiger charge is 2.43. The summed E-state index contributed by atoms with van der Waals surface area (Å²) in [6.07, 6.45) is 3.90. The number of carbonyl (C=O) groups excluding carboxylic acids is 1. The Kier molecular flexibility index (Phi) is 6.54. The summed E-state index contributed by atoms with van der Waals surface area (Å²) in [6.45, 7) is 5.55. The van der Waals surface area contributed by atoms with Gasteiger partial charge in [-0.3, -0.25) is 4.79 Å². The number of aromatic nitrogens is 1. The number of aryl methyl sites for hydroxylation is 1. The largest absolute Gasteiger partial charge is 0.350 e. The van der Waals surface area contributed by atoms with Crippen LogP contribution in [0.15, 0.2) is 54.7 Å². The van der Waals surface area contributed by atoms with E-state index in [1.807, 2.05) is 47.0 Å². The van der Waals surface area contributed by atoms with Crippen LogP contribution < -0.4 is 0 Å². The molecule has 3 fully saturated rings. The zero-order valence-corrected chi connectivity index (χ0v) is 20.8. The molecule has 7 heteroatoms. The highest BCUT2D eigenvalue weighted by atomic mass is 19.1. The summed E-state index contributed by atoms with van der Waals surface area (Å²) in [5, 5.41) is 1.09. The minimum atomic E-state index is -0.240. The van der Waals surface area contributed by atoms with Crippen molar-refractivity contribution in [3.63, 3.8) is 0 Å². The Hall–Kier alpha value is -2.74. The molecule has 0 bridgehead atoms. The fourth-order valence-electron chi connectivity index (χ4n) is 6.40. The standard InChI is InChI=1S/C29H34FN3O3/c1-31-12-9-22-3-2-4-25(27(22)31)28(34)33-18-23(26(19-33)29-35-15-16-36-29)17-32-13-10-21(11-14-32)20-5-7-24(30)8-6-20/h2-9,12,21,23,26,29H,10-11,13-19H2,1H3/t23?,26-/m1/s1. The second kappa shape index (κ2) is 9.96. The fourth-order valence-corrected chi connectivity index (χ4v) is 6.40. The summed E-state index contributed by atoms with van der Waals surface area (Å²) in [7, 11) is 1.99. The molecule has 1 amide bonds. The van der Waals surface area contributed by atoms with E-state index in [4.69, 9.17) is 9.47 Å². The Bertz CT molecular complexity index is 1210.